The highest BCUT2D eigenvalue weighted by molar-refractivity contribution is 14.1. The number of hydrogen-bond acceptors (Lipinski definition) is 2. The van der Waals surface area contributed by atoms with Gasteiger partial charge in [-0.2, -0.15) is 5.26 Å². The largest absolute Gasteiger partial charge is 0.481 e. The van der Waals surface area contributed by atoms with E-state index >= 15 is 0 Å². The summed E-state index contributed by atoms with van der Waals surface area (Å²) >= 11 is 2.17. The van der Waals surface area contributed by atoms with Crippen LogP contribution in [0.25, 0.3) is 0 Å². The Labute approximate surface area is 95.5 Å². The maximum absolute atomic E-state index is 10.4. The lowest BCUT2D eigenvalue weighted by Crippen LogP contribution is -2.00. The molecule has 0 aromatic heterocycles. The monoisotopic (exact) mass is 301 g/mol. The summed E-state index contributed by atoms with van der Waals surface area (Å²) in [5.41, 5.74) is 2.18. The van der Waals surface area contributed by atoms with Gasteiger partial charge in [-0.05, 0) is 17.2 Å². The Kier molecular flexibility index (Phi) is 3.89. The van der Waals surface area contributed by atoms with E-state index < -0.39 is 5.97 Å². The maximum Gasteiger partial charge on any atom is 0.307 e. The molecule has 0 heterocycles. The Balaban J connectivity index is 3.03. The highest BCUT2D eigenvalue weighted by Crippen LogP contribution is 2.14. The number of carboxylic acid groups (broad SMARTS) is 1. The van der Waals surface area contributed by atoms with Crippen molar-refractivity contribution in [1.82, 2.24) is 0 Å². The number of carboxylic acids is 1. The molecule has 1 N–H and O–H groups in total. The summed E-state index contributed by atoms with van der Waals surface area (Å²) < 4.78 is 0.758. The van der Waals surface area contributed by atoms with Crippen molar-refractivity contribution in [2.75, 3.05) is 0 Å². The number of aliphatic carboxylic acids is 1. The second kappa shape index (κ2) is 4.96. The molecule has 0 aliphatic rings. The van der Waals surface area contributed by atoms with Crippen LogP contribution in [0.4, 0.5) is 0 Å². The summed E-state index contributed by atoms with van der Waals surface area (Å²) in [5, 5.41) is 17.4. The Morgan fingerprint density at radius 1 is 1.57 bits per heavy atom. The maximum atomic E-state index is 10.4. The average Bonchev–Trinajstić information content (AvgIpc) is 2.16. The molecule has 3 nitrogen and oxygen atoms in total. The van der Waals surface area contributed by atoms with E-state index in [4.69, 9.17) is 10.4 Å². The van der Waals surface area contributed by atoms with Gasteiger partial charge in [0.1, 0.15) is 0 Å². The van der Waals surface area contributed by atoms with Crippen LogP contribution in [0.2, 0.25) is 0 Å². The third-order valence-electron chi connectivity index (χ3n) is 1.79. The number of nitrogens with zero attached hydrogens (tertiary/aromatic N) is 1. The van der Waals surface area contributed by atoms with Crippen LogP contribution >= 0.6 is 22.6 Å². The molecule has 14 heavy (non-hydrogen) atoms. The van der Waals surface area contributed by atoms with Crippen LogP contribution in [-0.2, 0) is 15.6 Å². The minimum Gasteiger partial charge on any atom is -0.481 e. The van der Waals surface area contributed by atoms with Gasteiger partial charge < -0.3 is 5.11 Å². The molecule has 4 heteroatoms. The fourth-order valence-corrected chi connectivity index (χ4v) is 1.79. The minimum absolute atomic E-state index is 0.0315. The molecule has 0 fully saturated rings. The highest BCUT2D eigenvalue weighted by atomic mass is 127. The first-order valence-corrected chi connectivity index (χ1v) is 5.49. The van der Waals surface area contributed by atoms with Crippen LogP contribution in [-0.4, -0.2) is 11.1 Å². The van der Waals surface area contributed by atoms with Crippen molar-refractivity contribution >= 4 is 28.6 Å². The SMILES string of the molecule is N#Cc1cc(CC(=O)O)ccc1CI. The van der Waals surface area contributed by atoms with Crippen molar-refractivity contribution < 1.29 is 9.90 Å². The zero-order valence-electron chi connectivity index (χ0n) is 7.33. The number of nitriles is 1. The van der Waals surface area contributed by atoms with Crippen molar-refractivity contribution in [1.29, 1.82) is 5.26 Å². The Morgan fingerprint density at radius 3 is 2.79 bits per heavy atom. The molecule has 0 spiro atoms. The zero-order chi connectivity index (χ0) is 10.6. The number of benzene rings is 1. The van der Waals surface area contributed by atoms with Crippen LogP contribution in [0.3, 0.4) is 0 Å². The second-order valence-electron chi connectivity index (χ2n) is 2.81. The van der Waals surface area contributed by atoms with E-state index in [1.807, 2.05) is 6.07 Å². The van der Waals surface area contributed by atoms with Crippen molar-refractivity contribution in [3.63, 3.8) is 0 Å². The minimum atomic E-state index is -0.879. The predicted molar refractivity (Wildman–Crippen MR) is 60.2 cm³/mol. The summed E-state index contributed by atoms with van der Waals surface area (Å²) in [4.78, 5) is 10.4. The van der Waals surface area contributed by atoms with Gasteiger partial charge in [-0.25, -0.2) is 0 Å². The molecule has 0 saturated carbocycles. The molecule has 1 aromatic carbocycles. The standard InChI is InChI=1S/C10H8INO2/c11-5-8-2-1-7(4-10(13)14)3-9(8)6-12/h1-3H,4-5H2,(H,13,14). The fourth-order valence-electron chi connectivity index (χ4n) is 1.13. The summed E-state index contributed by atoms with van der Waals surface area (Å²) in [6, 6.07) is 7.27. The lowest BCUT2D eigenvalue weighted by atomic mass is 10.0. The van der Waals surface area contributed by atoms with Gasteiger partial charge in [0.15, 0.2) is 0 Å². The van der Waals surface area contributed by atoms with Crippen LogP contribution in [0.1, 0.15) is 16.7 Å². The smallest absolute Gasteiger partial charge is 0.307 e. The van der Waals surface area contributed by atoms with Gasteiger partial charge >= 0.3 is 5.97 Å². The van der Waals surface area contributed by atoms with Gasteiger partial charge in [0, 0.05) is 4.43 Å². The molecule has 0 unspecified atom stereocenters. The number of carbonyl (C=O) groups is 1. The molecule has 1 rings (SSSR count). The summed E-state index contributed by atoms with van der Waals surface area (Å²) in [7, 11) is 0. The van der Waals surface area contributed by atoms with Gasteiger partial charge in [-0.1, -0.05) is 34.7 Å². The Hall–Kier alpha value is -1.09. The molecular weight excluding hydrogens is 293 g/mol. The Morgan fingerprint density at radius 2 is 2.29 bits per heavy atom. The number of hydrogen-bond donors (Lipinski definition) is 1. The number of rotatable bonds is 3. The van der Waals surface area contributed by atoms with Crippen molar-refractivity contribution in [2.24, 2.45) is 0 Å². The Bertz CT molecular complexity index is 396. The third-order valence-corrected chi connectivity index (χ3v) is 2.62. The molecule has 1 aromatic rings. The first-order chi connectivity index (χ1) is 6.67. The first kappa shape index (κ1) is 11.0. The quantitative estimate of drug-likeness (QED) is 0.687. The van der Waals surface area contributed by atoms with Crippen LogP contribution in [0, 0.1) is 11.3 Å². The molecule has 0 bridgehead atoms. The molecule has 72 valence electrons. The third kappa shape index (κ3) is 2.70. The second-order valence-corrected chi connectivity index (χ2v) is 3.57. The van der Waals surface area contributed by atoms with E-state index in [9.17, 15) is 4.79 Å². The zero-order valence-corrected chi connectivity index (χ0v) is 9.48. The topological polar surface area (TPSA) is 61.1 Å². The number of halogens is 1. The molecule has 0 radical (unpaired) electrons. The molecule has 0 amide bonds. The van der Waals surface area contributed by atoms with Crippen LogP contribution in [0.5, 0.6) is 0 Å². The lowest BCUT2D eigenvalue weighted by molar-refractivity contribution is -0.136. The van der Waals surface area contributed by atoms with E-state index in [0.717, 1.165) is 9.99 Å². The summed E-state index contributed by atoms with van der Waals surface area (Å²) in [5.74, 6) is -0.879. The average molecular weight is 301 g/mol. The van der Waals surface area contributed by atoms with Gasteiger partial charge in [-0.3, -0.25) is 4.79 Å². The molecule has 0 atom stereocenters. The van der Waals surface area contributed by atoms with Crippen molar-refractivity contribution in [3.8, 4) is 6.07 Å². The van der Waals surface area contributed by atoms with Gasteiger partial charge in [0.2, 0.25) is 0 Å². The van der Waals surface area contributed by atoms with Crippen LogP contribution < -0.4 is 0 Å². The summed E-state index contributed by atoms with van der Waals surface area (Å²) in [6.07, 6.45) is -0.0315. The first-order valence-electron chi connectivity index (χ1n) is 3.97. The van der Waals surface area contributed by atoms with E-state index in [1.54, 1.807) is 12.1 Å². The fraction of sp³-hybridized carbons (Fsp3) is 0.200. The van der Waals surface area contributed by atoms with E-state index in [2.05, 4.69) is 28.7 Å². The highest BCUT2D eigenvalue weighted by Gasteiger charge is 2.05. The molecular formula is C10H8INO2. The van der Waals surface area contributed by atoms with Gasteiger partial charge in [0.05, 0.1) is 18.1 Å². The summed E-state index contributed by atoms with van der Waals surface area (Å²) in [6.45, 7) is 0. The van der Waals surface area contributed by atoms with Crippen molar-refractivity contribution in [3.05, 3.63) is 34.9 Å². The van der Waals surface area contributed by atoms with Crippen molar-refractivity contribution in [2.45, 2.75) is 10.8 Å². The molecule has 0 aliphatic heterocycles. The van der Waals surface area contributed by atoms with E-state index in [0.29, 0.717) is 11.1 Å². The normalized spacial score (nSPS) is 9.43. The van der Waals surface area contributed by atoms with E-state index in [-0.39, 0.29) is 6.42 Å². The predicted octanol–water partition coefficient (Wildman–Crippen LogP) is 2.12. The lowest BCUT2D eigenvalue weighted by Gasteiger charge is -2.02. The van der Waals surface area contributed by atoms with Gasteiger partial charge in [0.25, 0.3) is 0 Å². The van der Waals surface area contributed by atoms with Crippen LogP contribution in [0.15, 0.2) is 18.2 Å². The van der Waals surface area contributed by atoms with Gasteiger partial charge in [-0.15, -0.1) is 0 Å². The molecule has 0 saturated heterocycles. The molecule has 0 aliphatic carbocycles. The van der Waals surface area contributed by atoms with E-state index in [1.165, 1.54) is 0 Å². The number of alkyl halides is 1.